The predicted octanol–water partition coefficient (Wildman–Crippen LogP) is 12.2. The van der Waals surface area contributed by atoms with Crippen molar-refractivity contribution in [1.82, 2.24) is 0 Å². The minimum atomic E-state index is -0.311. The largest absolute Gasteiger partial charge is 0.392 e. The van der Waals surface area contributed by atoms with Crippen molar-refractivity contribution in [3.8, 4) is 0 Å². The van der Waals surface area contributed by atoms with Gasteiger partial charge in [-0.3, -0.25) is 5.26 Å². The molecule has 0 saturated heterocycles. The van der Waals surface area contributed by atoms with E-state index in [9.17, 15) is 5.11 Å². The molecule has 0 spiro atoms. The topological polar surface area (TPSA) is 113 Å². The average Bonchev–Trinajstić information content (AvgIpc) is 3.09. The maximum atomic E-state index is 9.51. The fourth-order valence-corrected chi connectivity index (χ4v) is 4.83. The lowest BCUT2D eigenvalue weighted by molar-refractivity contribution is -0.338. The number of unbranched alkanes of at least 4 members (excludes halogenated alkanes) is 15. The second-order valence-electron chi connectivity index (χ2n) is 12.7. The zero-order valence-corrected chi connectivity index (χ0v) is 34.1. The zero-order chi connectivity index (χ0) is 37.6. The molecule has 0 radical (unpaired) electrons. The van der Waals surface area contributed by atoms with Crippen LogP contribution in [0, 0.1) is 5.41 Å². The van der Waals surface area contributed by atoms with Crippen LogP contribution in [-0.4, -0.2) is 56.5 Å². The Bertz CT molecular complexity index is 508. The minimum absolute atomic E-state index is 0.163. The fourth-order valence-electron chi connectivity index (χ4n) is 4.83. The molecule has 1 atom stereocenters. The van der Waals surface area contributed by atoms with E-state index in [0.29, 0.717) is 19.8 Å². The molecule has 296 valence electrons. The SMILES string of the molecule is C=CCOOC.CC.CC.CCCCCCCCC(CCCCCCCC)OOCC(C)(C)CCCCCCCCC(O)CN.COO. The van der Waals surface area contributed by atoms with E-state index in [-0.39, 0.29) is 17.6 Å². The van der Waals surface area contributed by atoms with Gasteiger partial charge in [0.1, 0.15) is 6.61 Å². The number of rotatable bonds is 31. The summed E-state index contributed by atoms with van der Waals surface area (Å²) in [5.41, 5.74) is 5.62. The molecule has 0 aromatic carbocycles. The molecule has 0 heterocycles. The van der Waals surface area contributed by atoms with Gasteiger partial charge in [-0.05, 0) is 31.1 Å². The van der Waals surface area contributed by atoms with E-state index in [1.807, 2.05) is 27.7 Å². The van der Waals surface area contributed by atoms with Gasteiger partial charge >= 0.3 is 0 Å². The van der Waals surface area contributed by atoms with Crippen LogP contribution in [0.1, 0.15) is 197 Å². The second-order valence-corrected chi connectivity index (χ2v) is 12.7. The zero-order valence-electron chi connectivity index (χ0n) is 34.1. The van der Waals surface area contributed by atoms with Gasteiger partial charge in [-0.25, -0.2) is 24.4 Å². The summed E-state index contributed by atoms with van der Waals surface area (Å²) >= 11 is 0. The molecule has 48 heavy (non-hydrogen) atoms. The number of aliphatic hydroxyl groups is 1. The summed E-state index contributed by atoms with van der Waals surface area (Å²) in [7, 11) is 2.64. The summed E-state index contributed by atoms with van der Waals surface area (Å²) in [6.45, 7) is 22.1. The van der Waals surface area contributed by atoms with E-state index in [1.165, 1.54) is 130 Å². The average molecular weight is 696 g/mol. The summed E-state index contributed by atoms with van der Waals surface area (Å²) < 4.78 is 0. The molecule has 0 saturated carbocycles. The maximum Gasteiger partial charge on any atom is 0.100 e. The van der Waals surface area contributed by atoms with E-state index in [4.69, 9.17) is 20.8 Å². The van der Waals surface area contributed by atoms with Crippen molar-refractivity contribution in [2.24, 2.45) is 11.1 Å². The van der Waals surface area contributed by atoms with Crippen LogP contribution < -0.4 is 5.73 Å². The Balaban J connectivity index is -0.000000405. The molecule has 0 bridgehead atoms. The summed E-state index contributed by atoms with van der Waals surface area (Å²) in [4.78, 5) is 23.7. The first-order valence-corrected chi connectivity index (χ1v) is 19.9. The van der Waals surface area contributed by atoms with E-state index < -0.39 is 0 Å². The lowest BCUT2D eigenvalue weighted by Crippen LogP contribution is -2.22. The van der Waals surface area contributed by atoms with Gasteiger partial charge in [-0.1, -0.05) is 177 Å². The van der Waals surface area contributed by atoms with Crippen LogP contribution in [0.2, 0.25) is 0 Å². The van der Waals surface area contributed by atoms with Crippen LogP contribution >= 0.6 is 0 Å². The van der Waals surface area contributed by atoms with Gasteiger partial charge in [-0.2, -0.15) is 0 Å². The third kappa shape index (κ3) is 57.7. The van der Waals surface area contributed by atoms with Crippen LogP contribution in [0.25, 0.3) is 0 Å². The third-order valence-electron chi connectivity index (χ3n) is 7.63. The molecule has 4 N–H and O–H groups in total. The molecule has 0 aliphatic rings. The van der Waals surface area contributed by atoms with Crippen LogP contribution in [0.3, 0.4) is 0 Å². The first-order valence-electron chi connectivity index (χ1n) is 19.9. The van der Waals surface area contributed by atoms with Crippen molar-refractivity contribution in [1.29, 1.82) is 0 Å². The molecule has 8 heteroatoms. The highest BCUT2D eigenvalue weighted by Gasteiger charge is 2.20. The molecule has 0 fully saturated rings. The molecular weight excluding hydrogens is 606 g/mol. The molecule has 0 aromatic rings. The van der Waals surface area contributed by atoms with Crippen LogP contribution in [0.5, 0.6) is 0 Å². The molecule has 0 aliphatic carbocycles. The van der Waals surface area contributed by atoms with Gasteiger partial charge in [0.05, 0.1) is 33.0 Å². The van der Waals surface area contributed by atoms with E-state index >= 15 is 0 Å². The van der Waals surface area contributed by atoms with E-state index in [2.05, 4.69) is 48.9 Å². The highest BCUT2D eigenvalue weighted by Crippen LogP contribution is 2.26. The number of hydrogen-bond donors (Lipinski definition) is 3. The van der Waals surface area contributed by atoms with E-state index in [1.54, 1.807) is 6.08 Å². The highest BCUT2D eigenvalue weighted by molar-refractivity contribution is 4.68. The van der Waals surface area contributed by atoms with Crippen molar-refractivity contribution >= 4 is 0 Å². The van der Waals surface area contributed by atoms with Crippen LogP contribution in [0.4, 0.5) is 0 Å². The third-order valence-corrected chi connectivity index (χ3v) is 7.63. The molecule has 0 aromatic heterocycles. The lowest BCUT2D eigenvalue weighted by Gasteiger charge is -2.25. The molecule has 1 unspecified atom stereocenters. The van der Waals surface area contributed by atoms with E-state index in [0.717, 1.165) is 25.7 Å². The maximum absolute atomic E-state index is 9.51. The van der Waals surface area contributed by atoms with Crippen molar-refractivity contribution in [3.63, 3.8) is 0 Å². The van der Waals surface area contributed by atoms with Gasteiger partial charge in [0, 0.05) is 6.54 Å². The van der Waals surface area contributed by atoms with Gasteiger partial charge in [-0.15, -0.1) is 6.58 Å². The Morgan fingerprint density at radius 3 is 1.44 bits per heavy atom. The van der Waals surface area contributed by atoms with Crippen molar-refractivity contribution in [2.45, 2.75) is 209 Å². The normalized spacial score (nSPS) is 11.2. The van der Waals surface area contributed by atoms with Gasteiger partial charge in [0.2, 0.25) is 0 Å². The second kappa shape index (κ2) is 53.2. The highest BCUT2D eigenvalue weighted by atomic mass is 17.2. The molecule has 8 nitrogen and oxygen atoms in total. The first kappa shape index (κ1) is 56.8. The Morgan fingerprint density at radius 2 is 1.06 bits per heavy atom. The Hall–Kier alpha value is -0.580. The summed E-state index contributed by atoms with van der Waals surface area (Å²) in [5.74, 6) is 0. The number of aliphatic hydroxyl groups excluding tert-OH is 1. The number of hydrogen-bond acceptors (Lipinski definition) is 8. The Kier molecular flexibility index (Phi) is 63.0. The standard InChI is InChI=1S/C31H65NO3.C4H8O2.2C2H6.CH4O2/c1-5-7-9-11-16-20-24-30(25-21-17-12-10-8-6-2)35-34-28-31(3,4)26-22-18-14-13-15-19-23-29(33)27-32;1-3-4-6-5-2;2*1-2;1-3-2/h29-30,33H,5-28,32H2,1-4H3;3H,1,4H2,2H3;2*1-2H3;2H,1H3. The summed E-state index contributed by atoms with van der Waals surface area (Å²) in [6.07, 6.45) is 29.3. The van der Waals surface area contributed by atoms with Crippen molar-refractivity contribution in [2.75, 3.05) is 34.0 Å². The first-order chi connectivity index (χ1) is 23.3. The molecule has 0 aliphatic heterocycles. The molecule has 0 amide bonds. The van der Waals surface area contributed by atoms with Crippen molar-refractivity contribution in [3.05, 3.63) is 12.7 Å². The molecule has 0 rings (SSSR count). The fraction of sp³-hybridized carbons (Fsp3) is 0.950. The monoisotopic (exact) mass is 696 g/mol. The van der Waals surface area contributed by atoms with Gasteiger partial charge < -0.3 is 10.8 Å². The van der Waals surface area contributed by atoms with Gasteiger partial charge in [0.25, 0.3) is 0 Å². The quantitative estimate of drug-likeness (QED) is 0.0284. The number of nitrogens with two attached hydrogens (primary N) is 1. The minimum Gasteiger partial charge on any atom is -0.392 e. The molecular formula is C40H89NO7. The van der Waals surface area contributed by atoms with Crippen LogP contribution in [-0.2, 0) is 24.4 Å². The van der Waals surface area contributed by atoms with Crippen molar-refractivity contribution < 1.29 is 34.8 Å². The lowest BCUT2D eigenvalue weighted by atomic mass is 9.88. The smallest absolute Gasteiger partial charge is 0.100 e. The summed E-state index contributed by atoms with van der Waals surface area (Å²) in [5, 5.41) is 16.6. The Labute approximate surface area is 301 Å². The van der Waals surface area contributed by atoms with Gasteiger partial charge in [0.15, 0.2) is 0 Å². The Morgan fingerprint density at radius 1 is 0.667 bits per heavy atom. The summed E-state index contributed by atoms with van der Waals surface area (Å²) in [6, 6.07) is 0. The van der Waals surface area contributed by atoms with Crippen LogP contribution in [0.15, 0.2) is 12.7 Å². The predicted molar refractivity (Wildman–Crippen MR) is 208 cm³/mol.